The predicted molar refractivity (Wildman–Crippen MR) is 64.1 cm³/mol. The van der Waals surface area contributed by atoms with Crippen molar-refractivity contribution in [2.75, 3.05) is 20.1 Å². The van der Waals surface area contributed by atoms with E-state index in [2.05, 4.69) is 0 Å². The van der Waals surface area contributed by atoms with Gasteiger partial charge in [-0.2, -0.15) is 0 Å². The van der Waals surface area contributed by atoms with Crippen molar-refractivity contribution in [1.29, 1.82) is 0 Å². The first kappa shape index (κ1) is 11.9. The van der Waals surface area contributed by atoms with E-state index in [1.807, 2.05) is 4.90 Å². The normalized spacial score (nSPS) is 15.1. The number of likely N-dealkylation sites (tertiary alicyclic amines) is 1. The van der Waals surface area contributed by atoms with Gasteiger partial charge in [0.1, 0.15) is 5.82 Å². The highest BCUT2D eigenvalue weighted by molar-refractivity contribution is 5.74. The van der Waals surface area contributed by atoms with Gasteiger partial charge in [-0.15, -0.1) is 0 Å². The van der Waals surface area contributed by atoms with Crippen LogP contribution in [-0.2, 0) is 6.54 Å². The highest BCUT2D eigenvalue weighted by Gasteiger charge is 2.21. The zero-order valence-corrected chi connectivity index (χ0v) is 10.0. The summed E-state index contributed by atoms with van der Waals surface area (Å²) in [4.78, 5) is 15.4. The quantitative estimate of drug-likeness (QED) is 0.773. The number of halogens is 1. The summed E-state index contributed by atoms with van der Waals surface area (Å²) in [7, 11) is 1.72. The molecule has 4 heteroatoms. The predicted octanol–water partition coefficient (Wildman–Crippen LogP) is 2.47. The third-order valence-electron chi connectivity index (χ3n) is 3.07. The third-order valence-corrected chi connectivity index (χ3v) is 3.07. The molecule has 0 N–H and O–H groups in total. The number of hydrogen-bond donors (Lipinski definition) is 0. The molecule has 0 aliphatic carbocycles. The maximum atomic E-state index is 13.4. The number of hydrogen-bond acceptors (Lipinski definition) is 1. The van der Waals surface area contributed by atoms with Gasteiger partial charge in [0.2, 0.25) is 0 Å². The minimum Gasteiger partial charge on any atom is -0.325 e. The Morgan fingerprint density at radius 1 is 1.35 bits per heavy atom. The first-order valence-corrected chi connectivity index (χ1v) is 5.92. The molecule has 2 rings (SSSR count). The number of benzene rings is 1. The molecule has 3 nitrogen and oxygen atoms in total. The summed E-state index contributed by atoms with van der Waals surface area (Å²) in [6.45, 7) is 1.96. The molecule has 1 fully saturated rings. The lowest BCUT2D eigenvalue weighted by Crippen LogP contribution is -2.39. The molecule has 1 saturated heterocycles. The molecular weight excluding hydrogens is 219 g/mol. The summed E-state index contributed by atoms with van der Waals surface area (Å²) in [6, 6.07) is 6.56. The van der Waals surface area contributed by atoms with Crippen LogP contribution in [-0.4, -0.2) is 36.0 Å². The van der Waals surface area contributed by atoms with E-state index in [9.17, 15) is 9.18 Å². The zero-order valence-electron chi connectivity index (χ0n) is 10.0. The van der Waals surface area contributed by atoms with Gasteiger partial charge < -0.3 is 9.80 Å². The van der Waals surface area contributed by atoms with Crippen LogP contribution in [0.1, 0.15) is 18.4 Å². The summed E-state index contributed by atoms with van der Waals surface area (Å²) < 4.78 is 13.4. The Morgan fingerprint density at radius 2 is 2.00 bits per heavy atom. The fourth-order valence-corrected chi connectivity index (χ4v) is 2.10. The molecule has 0 saturated carbocycles. The maximum absolute atomic E-state index is 13.4. The van der Waals surface area contributed by atoms with Crippen molar-refractivity contribution in [3.8, 4) is 0 Å². The van der Waals surface area contributed by atoms with Crippen LogP contribution in [0.5, 0.6) is 0 Å². The average molecular weight is 236 g/mol. The van der Waals surface area contributed by atoms with E-state index in [1.54, 1.807) is 30.1 Å². The first-order chi connectivity index (χ1) is 8.18. The maximum Gasteiger partial charge on any atom is 0.320 e. The summed E-state index contributed by atoms with van der Waals surface area (Å²) in [5.41, 5.74) is 0.558. The van der Waals surface area contributed by atoms with Crippen molar-refractivity contribution < 1.29 is 9.18 Å². The number of amides is 2. The number of nitrogens with zero attached hydrogens (tertiary/aromatic N) is 2. The van der Waals surface area contributed by atoms with Gasteiger partial charge in [0.15, 0.2) is 0 Å². The standard InChI is InChI=1S/C13H17FN2O/c1-15(13(17)16-8-4-5-9-16)10-11-6-2-3-7-12(11)14/h2-3,6-7H,4-5,8-10H2,1H3. The van der Waals surface area contributed by atoms with Crippen LogP contribution in [0, 0.1) is 5.82 Å². The van der Waals surface area contributed by atoms with Crippen molar-refractivity contribution in [2.24, 2.45) is 0 Å². The number of carbonyl (C=O) groups excluding carboxylic acids is 1. The van der Waals surface area contributed by atoms with Crippen LogP contribution in [0.4, 0.5) is 9.18 Å². The fourth-order valence-electron chi connectivity index (χ4n) is 2.10. The molecular formula is C13H17FN2O. The molecule has 0 atom stereocenters. The van der Waals surface area contributed by atoms with Crippen molar-refractivity contribution >= 4 is 6.03 Å². The van der Waals surface area contributed by atoms with E-state index in [1.165, 1.54) is 6.07 Å². The molecule has 0 aromatic heterocycles. The van der Waals surface area contributed by atoms with Gasteiger partial charge in [-0.1, -0.05) is 18.2 Å². The van der Waals surface area contributed by atoms with Gasteiger partial charge >= 0.3 is 6.03 Å². The molecule has 0 spiro atoms. The fraction of sp³-hybridized carbons (Fsp3) is 0.462. The van der Waals surface area contributed by atoms with Crippen LogP contribution in [0.3, 0.4) is 0 Å². The van der Waals surface area contributed by atoms with Gasteiger partial charge in [0.25, 0.3) is 0 Å². The van der Waals surface area contributed by atoms with Crippen molar-refractivity contribution in [2.45, 2.75) is 19.4 Å². The van der Waals surface area contributed by atoms with E-state index >= 15 is 0 Å². The third kappa shape index (κ3) is 2.75. The lowest BCUT2D eigenvalue weighted by atomic mass is 10.2. The van der Waals surface area contributed by atoms with Crippen LogP contribution >= 0.6 is 0 Å². The Bertz CT molecular complexity index is 402. The van der Waals surface area contributed by atoms with Gasteiger partial charge in [0.05, 0.1) is 0 Å². The highest BCUT2D eigenvalue weighted by Crippen LogP contribution is 2.13. The topological polar surface area (TPSA) is 23.6 Å². The molecule has 1 aliphatic rings. The monoisotopic (exact) mass is 236 g/mol. The lowest BCUT2D eigenvalue weighted by molar-refractivity contribution is 0.170. The Labute approximate surface area is 101 Å². The molecule has 17 heavy (non-hydrogen) atoms. The summed E-state index contributed by atoms with van der Waals surface area (Å²) >= 11 is 0. The van der Waals surface area contributed by atoms with E-state index in [0.717, 1.165) is 25.9 Å². The molecule has 92 valence electrons. The smallest absolute Gasteiger partial charge is 0.320 e. The van der Waals surface area contributed by atoms with Crippen LogP contribution in [0.2, 0.25) is 0 Å². The Hall–Kier alpha value is -1.58. The van der Waals surface area contributed by atoms with Crippen molar-refractivity contribution in [3.63, 3.8) is 0 Å². The molecule has 2 amide bonds. The van der Waals surface area contributed by atoms with E-state index in [4.69, 9.17) is 0 Å². The first-order valence-electron chi connectivity index (χ1n) is 5.92. The summed E-state index contributed by atoms with van der Waals surface area (Å²) in [5.74, 6) is -0.256. The van der Waals surface area contributed by atoms with Gasteiger partial charge in [-0.25, -0.2) is 9.18 Å². The molecule has 0 unspecified atom stereocenters. The minimum absolute atomic E-state index is 0.00856. The molecule has 0 radical (unpaired) electrons. The molecule has 1 aromatic rings. The Kier molecular flexibility index (Phi) is 3.61. The number of urea groups is 1. The molecule has 1 heterocycles. The van der Waals surface area contributed by atoms with Crippen LogP contribution in [0.15, 0.2) is 24.3 Å². The molecule has 0 bridgehead atoms. The number of carbonyl (C=O) groups is 1. The van der Waals surface area contributed by atoms with Crippen molar-refractivity contribution in [1.82, 2.24) is 9.80 Å². The van der Waals surface area contributed by atoms with Crippen molar-refractivity contribution in [3.05, 3.63) is 35.6 Å². The second-order valence-corrected chi connectivity index (χ2v) is 4.42. The average Bonchev–Trinajstić information content (AvgIpc) is 2.84. The highest BCUT2D eigenvalue weighted by atomic mass is 19.1. The summed E-state index contributed by atoms with van der Waals surface area (Å²) in [5, 5.41) is 0. The van der Waals surface area contributed by atoms with Crippen LogP contribution in [0.25, 0.3) is 0 Å². The minimum atomic E-state index is -0.256. The Balaban J connectivity index is 1.99. The summed E-state index contributed by atoms with van der Waals surface area (Å²) in [6.07, 6.45) is 2.14. The van der Waals surface area contributed by atoms with E-state index in [-0.39, 0.29) is 11.8 Å². The number of rotatable bonds is 2. The van der Waals surface area contributed by atoms with Gasteiger partial charge in [-0.3, -0.25) is 0 Å². The molecule has 1 aromatic carbocycles. The largest absolute Gasteiger partial charge is 0.325 e. The Morgan fingerprint density at radius 3 is 2.65 bits per heavy atom. The van der Waals surface area contributed by atoms with Gasteiger partial charge in [-0.05, 0) is 18.9 Å². The molecule has 1 aliphatic heterocycles. The lowest BCUT2D eigenvalue weighted by Gasteiger charge is -2.24. The SMILES string of the molecule is CN(Cc1ccccc1F)C(=O)N1CCCC1. The van der Waals surface area contributed by atoms with Crippen LogP contribution < -0.4 is 0 Å². The zero-order chi connectivity index (χ0) is 12.3. The second-order valence-electron chi connectivity index (χ2n) is 4.42. The van der Waals surface area contributed by atoms with E-state index in [0.29, 0.717) is 12.1 Å². The van der Waals surface area contributed by atoms with Gasteiger partial charge in [0, 0.05) is 32.2 Å². The van der Waals surface area contributed by atoms with E-state index < -0.39 is 0 Å². The second kappa shape index (κ2) is 5.17.